The number of rotatable bonds is 5. The number of thiocarbonyl (C=S) groups is 1. The van der Waals surface area contributed by atoms with Crippen LogP contribution in [0.25, 0.3) is 0 Å². The highest BCUT2D eigenvalue weighted by molar-refractivity contribution is 7.80. The van der Waals surface area contributed by atoms with Gasteiger partial charge in [-0.05, 0) is 50.2 Å². The fourth-order valence-electron chi connectivity index (χ4n) is 2.61. The molecule has 0 aliphatic rings. The second kappa shape index (κ2) is 8.79. The van der Waals surface area contributed by atoms with Gasteiger partial charge in [0.15, 0.2) is 5.11 Å². The highest BCUT2D eigenvalue weighted by Gasteiger charge is 2.12. The molecule has 0 spiro atoms. The topological polar surface area (TPSA) is 96.3 Å². The van der Waals surface area contributed by atoms with Gasteiger partial charge in [0, 0.05) is 17.8 Å². The minimum atomic E-state index is -0.530. The number of nitro benzene ring substituents is 1. The maximum atomic E-state index is 12.2. The Bertz CT molecular complexity index is 894. The van der Waals surface area contributed by atoms with Crippen LogP contribution < -0.4 is 16.0 Å². The first-order valence-electron chi connectivity index (χ1n) is 8.04. The number of hydrogen-bond acceptors (Lipinski definition) is 4. The summed E-state index contributed by atoms with van der Waals surface area (Å²) in [4.78, 5) is 22.5. The Labute approximate surface area is 167 Å². The van der Waals surface area contributed by atoms with Crippen LogP contribution in [0.3, 0.4) is 0 Å². The molecule has 0 bridgehead atoms. The number of benzene rings is 2. The standard InChI is InChI=1S/C18H19ClN4O3S/c1-10-6-11(2)17(12(3)7-10)22-16(24)9-20-18(27)21-15-8-13(23(25)26)4-5-14(15)19/h4-8H,9H2,1-3H3,(H,22,24)(H2,20,21,27). The molecule has 0 saturated heterocycles. The van der Waals surface area contributed by atoms with Gasteiger partial charge in [-0.2, -0.15) is 0 Å². The number of carbonyl (C=O) groups is 1. The van der Waals surface area contributed by atoms with Crippen LogP contribution in [0.15, 0.2) is 30.3 Å². The van der Waals surface area contributed by atoms with Crippen molar-refractivity contribution in [3.63, 3.8) is 0 Å². The molecule has 0 unspecified atom stereocenters. The van der Waals surface area contributed by atoms with E-state index in [4.69, 9.17) is 23.8 Å². The zero-order chi connectivity index (χ0) is 20.1. The number of amides is 1. The van der Waals surface area contributed by atoms with E-state index in [1.54, 1.807) is 0 Å². The zero-order valence-electron chi connectivity index (χ0n) is 15.1. The number of halogens is 1. The summed E-state index contributed by atoms with van der Waals surface area (Å²) in [7, 11) is 0. The molecule has 27 heavy (non-hydrogen) atoms. The van der Waals surface area contributed by atoms with Crippen molar-refractivity contribution in [2.75, 3.05) is 17.2 Å². The van der Waals surface area contributed by atoms with E-state index in [-0.39, 0.29) is 34.0 Å². The molecule has 0 atom stereocenters. The smallest absolute Gasteiger partial charge is 0.271 e. The first-order chi connectivity index (χ1) is 12.7. The zero-order valence-corrected chi connectivity index (χ0v) is 16.6. The van der Waals surface area contributed by atoms with Crippen molar-refractivity contribution in [3.05, 3.63) is 62.2 Å². The van der Waals surface area contributed by atoms with Gasteiger partial charge in [-0.15, -0.1) is 0 Å². The van der Waals surface area contributed by atoms with E-state index in [1.165, 1.54) is 18.2 Å². The van der Waals surface area contributed by atoms with Gasteiger partial charge in [0.25, 0.3) is 5.69 Å². The summed E-state index contributed by atoms with van der Waals surface area (Å²) in [5.41, 5.74) is 4.02. The molecule has 0 radical (unpaired) electrons. The van der Waals surface area contributed by atoms with Crippen LogP contribution in [-0.4, -0.2) is 22.5 Å². The van der Waals surface area contributed by atoms with E-state index < -0.39 is 4.92 Å². The summed E-state index contributed by atoms with van der Waals surface area (Å²) in [6.45, 7) is 5.79. The fraction of sp³-hybridized carbons (Fsp3) is 0.222. The summed E-state index contributed by atoms with van der Waals surface area (Å²) < 4.78 is 0. The number of nitrogens with one attached hydrogen (secondary N) is 3. The molecule has 0 fully saturated rings. The Morgan fingerprint density at radius 1 is 1.15 bits per heavy atom. The van der Waals surface area contributed by atoms with Crippen LogP contribution in [0.5, 0.6) is 0 Å². The van der Waals surface area contributed by atoms with Crippen LogP contribution in [-0.2, 0) is 4.79 Å². The van der Waals surface area contributed by atoms with Gasteiger partial charge in [-0.3, -0.25) is 14.9 Å². The maximum Gasteiger partial charge on any atom is 0.271 e. The lowest BCUT2D eigenvalue weighted by molar-refractivity contribution is -0.384. The number of nitrogens with zero attached hydrogens (tertiary/aromatic N) is 1. The predicted octanol–water partition coefficient (Wildman–Crippen LogP) is 4.10. The van der Waals surface area contributed by atoms with Crippen LogP contribution >= 0.6 is 23.8 Å². The molecule has 0 aliphatic carbocycles. The molecule has 142 valence electrons. The number of anilines is 2. The first kappa shape index (κ1) is 20.6. The van der Waals surface area contributed by atoms with Crippen molar-refractivity contribution in [2.24, 2.45) is 0 Å². The third-order valence-electron chi connectivity index (χ3n) is 3.76. The number of nitro groups is 1. The molecular formula is C18H19ClN4O3S. The van der Waals surface area contributed by atoms with Crippen LogP contribution in [0.4, 0.5) is 17.1 Å². The molecule has 1 amide bonds. The van der Waals surface area contributed by atoms with Gasteiger partial charge in [0.05, 0.1) is 22.2 Å². The Morgan fingerprint density at radius 2 is 1.78 bits per heavy atom. The first-order valence-corrected chi connectivity index (χ1v) is 8.82. The molecule has 2 aromatic rings. The number of hydrogen-bond donors (Lipinski definition) is 3. The van der Waals surface area contributed by atoms with Gasteiger partial charge in [0.2, 0.25) is 5.91 Å². The van der Waals surface area contributed by atoms with Crippen LogP contribution in [0.2, 0.25) is 5.02 Å². The number of non-ortho nitro benzene ring substituents is 1. The molecule has 0 heterocycles. The lowest BCUT2D eigenvalue weighted by Crippen LogP contribution is -2.35. The van der Waals surface area contributed by atoms with Crippen molar-refractivity contribution in [2.45, 2.75) is 20.8 Å². The van der Waals surface area contributed by atoms with E-state index in [0.29, 0.717) is 0 Å². The summed E-state index contributed by atoms with van der Waals surface area (Å²) in [5, 5.41) is 19.6. The van der Waals surface area contributed by atoms with Crippen LogP contribution in [0, 0.1) is 30.9 Å². The number of aryl methyl sites for hydroxylation is 3. The van der Waals surface area contributed by atoms with Crippen molar-refractivity contribution >= 4 is 51.9 Å². The molecule has 0 aromatic heterocycles. The van der Waals surface area contributed by atoms with E-state index in [2.05, 4.69) is 16.0 Å². The van der Waals surface area contributed by atoms with Crippen molar-refractivity contribution in [1.29, 1.82) is 0 Å². The molecule has 7 nitrogen and oxygen atoms in total. The third-order valence-corrected chi connectivity index (χ3v) is 4.34. The second-order valence-electron chi connectivity index (χ2n) is 6.05. The van der Waals surface area contributed by atoms with Gasteiger partial charge >= 0.3 is 0 Å². The van der Waals surface area contributed by atoms with E-state index in [1.807, 2.05) is 32.9 Å². The minimum absolute atomic E-state index is 0.0643. The minimum Gasteiger partial charge on any atom is -0.353 e. The quantitative estimate of drug-likeness (QED) is 0.393. The molecule has 3 N–H and O–H groups in total. The normalized spacial score (nSPS) is 10.2. The van der Waals surface area contributed by atoms with Gasteiger partial charge in [-0.25, -0.2) is 0 Å². The van der Waals surface area contributed by atoms with Crippen molar-refractivity contribution in [1.82, 2.24) is 5.32 Å². The lowest BCUT2D eigenvalue weighted by atomic mass is 10.1. The molecule has 0 saturated carbocycles. The monoisotopic (exact) mass is 406 g/mol. The van der Waals surface area contributed by atoms with E-state index in [9.17, 15) is 14.9 Å². The number of carbonyl (C=O) groups excluding carboxylic acids is 1. The molecule has 2 rings (SSSR count). The molecule has 2 aromatic carbocycles. The Morgan fingerprint density at radius 3 is 2.37 bits per heavy atom. The Kier molecular flexibility index (Phi) is 6.70. The Hall–Kier alpha value is -2.71. The van der Waals surface area contributed by atoms with Gasteiger partial charge in [-0.1, -0.05) is 29.3 Å². The summed E-state index contributed by atoms with van der Waals surface area (Å²) in [6.07, 6.45) is 0. The summed E-state index contributed by atoms with van der Waals surface area (Å²) in [6, 6.07) is 7.96. The van der Waals surface area contributed by atoms with Gasteiger partial charge < -0.3 is 16.0 Å². The predicted molar refractivity (Wildman–Crippen MR) is 112 cm³/mol. The van der Waals surface area contributed by atoms with Crippen molar-refractivity contribution in [3.8, 4) is 0 Å². The van der Waals surface area contributed by atoms with Crippen LogP contribution in [0.1, 0.15) is 16.7 Å². The Balaban J connectivity index is 1.95. The largest absolute Gasteiger partial charge is 0.353 e. The average Bonchev–Trinajstić information content (AvgIpc) is 2.58. The third kappa shape index (κ3) is 5.63. The van der Waals surface area contributed by atoms with Gasteiger partial charge in [0.1, 0.15) is 0 Å². The highest BCUT2D eigenvalue weighted by atomic mass is 35.5. The molecule has 9 heteroatoms. The lowest BCUT2D eigenvalue weighted by Gasteiger charge is -2.14. The van der Waals surface area contributed by atoms with Crippen molar-refractivity contribution < 1.29 is 9.72 Å². The fourth-order valence-corrected chi connectivity index (χ4v) is 2.96. The highest BCUT2D eigenvalue weighted by Crippen LogP contribution is 2.26. The SMILES string of the molecule is Cc1cc(C)c(NC(=O)CNC(=S)Nc2cc([N+](=O)[O-])ccc2Cl)c(C)c1. The maximum absolute atomic E-state index is 12.2. The molecular weight excluding hydrogens is 388 g/mol. The molecule has 0 aliphatic heterocycles. The average molecular weight is 407 g/mol. The summed E-state index contributed by atoms with van der Waals surface area (Å²) >= 11 is 11.1. The second-order valence-corrected chi connectivity index (χ2v) is 6.87. The van der Waals surface area contributed by atoms with E-state index >= 15 is 0 Å². The summed E-state index contributed by atoms with van der Waals surface area (Å²) in [5.74, 6) is -0.264. The van der Waals surface area contributed by atoms with E-state index in [0.717, 1.165) is 22.4 Å².